The molecule has 0 spiro atoms. The summed E-state index contributed by atoms with van der Waals surface area (Å²) < 4.78 is 2.13. The predicted octanol–water partition coefficient (Wildman–Crippen LogP) is 3.66. The fourth-order valence-corrected chi connectivity index (χ4v) is 3.25. The van der Waals surface area contributed by atoms with Crippen molar-refractivity contribution in [3.8, 4) is 0 Å². The summed E-state index contributed by atoms with van der Waals surface area (Å²) in [6.07, 6.45) is 4.23. The number of hydrogen-bond acceptors (Lipinski definition) is 2. The second-order valence-electron chi connectivity index (χ2n) is 6.47. The molecular weight excluding hydrogens is 324 g/mol. The standard InChI is InChI=1S/C21H22N4O/c26-21(12-15-25-14-11-16-6-1-4-9-19(16)25)22-13-5-10-20-23-17-7-2-3-8-18(17)24-20/h1-4,6-9,11,14H,5,10,12-13,15H2,(H,22,26)(H,23,24). The lowest BCUT2D eigenvalue weighted by Crippen LogP contribution is -2.25. The van der Waals surface area contributed by atoms with E-state index in [0.717, 1.165) is 29.7 Å². The molecule has 0 aliphatic rings. The third-order valence-electron chi connectivity index (χ3n) is 4.61. The van der Waals surface area contributed by atoms with Crippen molar-refractivity contribution < 1.29 is 4.79 Å². The van der Waals surface area contributed by atoms with Gasteiger partial charge in [-0.05, 0) is 36.1 Å². The average Bonchev–Trinajstić information content (AvgIpc) is 3.27. The molecular formula is C21H22N4O. The van der Waals surface area contributed by atoms with E-state index in [1.54, 1.807) is 0 Å². The Bertz CT molecular complexity index is 998. The number of rotatable bonds is 7. The van der Waals surface area contributed by atoms with Gasteiger partial charge in [-0.3, -0.25) is 4.79 Å². The van der Waals surface area contributed by atoms with E-state index < -0.39 is 0 Å². The normalized spacial score (nSPS) is 11.2. The van der Waals surface area contributed by atoms with Gasteiger partial charge < -0.3 is 14.9 Å². The van der Waals surface area contributed by atoms with Gasteiger partial charge in [0, 0.05) is 37.6 Å². The monoisotopic (exact) mass is 346 g/mol. The van der Waals surface area contributed by atoms with Crippen LogP contribution < -0.4 is 5.32 Å². The first-order valence-electron chi connectivity index (χ1n) is 9.04. The first-order valence-corrected chi connectivity index (χ1v) is 9.04. The Kier molecular flexibility index (Phi) is 4.69. The molecule has 0 bridgehead atoms. The summed E-state index contributed by atoms with van der Waals surface area (Å²) in [4.78, 5) is 20.0. The lowest BCUT2D eigenvalue weighted by atomic mass is 10.2. The number of carbonyl (C=O) groups excluding carboxylic acids is 1. The molecule has 5 nitrogen and oxygen atoms in total. The fourth-order valence-electron chi connectivity index (χ4n) is 3.25. The molecule has 5 heteroatoms. The van der Waals surface area contributed by atoms with E-state index in [4.69, 9.17) is 0 Å². The van der Waals surface area contributed by atoms with Gasteiger partial charge >= 0.3 is 0 Å². The summed E-state index contributed by atoms with van der Waals surface area (Å²) in [7, 11) is 0. The second kappa shape index (κ2) is 7.44. The number of carbonyl (C=O) groups is 1. The van der Waals surface area contributed by atoms with Crippen molar-refractivity contribution in [1.29, 1.82) is 0 Å². The van der Waals surface area contributed by atoms with E-state index >= 15 is 0 Å². The molecule has 0 saturated carbocycles. The molecule has 26 heavy (non-hydrogen) atoms. The van der Waals surface area contributed by atoms with Crippen molar-refractivity contribution >= 4 is 27.8 Å². The second-order valence-corrected chi connectivity index (χ2v) is 6.47. The van der Waals surface area contributed by atoms with Gasteiger partial charge in [0.05, 0.1) is 11.0 Å². The Balaban J connectivity index is 1.21. The van der Waals surface area contributed by atoms with Crippen molar-refractivity contribution in [1.82, 2.24) is 19.9 Å². The summed E-state index contributed by atoms with van der Waals surface area (Å²) >= 11 is 0. The summed E-state index contributed by atoms with van der Waals surface area (Å²) in [6, 6.07) is 18.3. The Labute approximate surface area is 152 Å². The molecule has 4 aromatic rings. The largest absolute Gasteiger partial charge is 0.356 e. The number of hydrogen-bond donors (Lipinski definition) is 2. The van der Waals surface area contributed by atoms with Gasteiger partial charge in [-0.1, -0.05) is 30.3 Å². The highest BCUT2D eigenvalue weighted by molar-refractivity contribution is 5.80. The fraction of sp³-hybridized carbons (Fsp3) is 0.238. The van der Waals surface area contributed by atoms with Crippen LogP contribution in [0.25, 0.3) is 21.9 Å². The van der Waals surface area contributed by atoms with E-state index in [1.165, 1.54) is 10.9 Å². The lowest BCUT2D eigenvalue weighted by molar-refractivity contribution is -0.121. The molecule has 132 valence electrons. The van der Waals surface area contributed by atoms with Crippen LogP contribution in [0.2, 0.25) is 0 Å². The quantitative estimate of drug-likeness (QED) is 0.502. The van der Waals surface area contributed by atoms with E-state index in [2.05, 4.69) is 38.1 Å². The number of fused-ring (bicyclic) bond motifs is 2. The highest BCUT2D eigenvalue weighted by Crippen LogP contribution is 2.15. The predicted molar refractivity (Wildman–Crippen MR) is 104 cm³/mol. The van der Waals surface area contributed by atoms with Crippen LogP contribution in [0.1, 0.15) is 18.7 Å². The zero-order valence-corrected chi connectivity index (χ0v) is 14.6. The number of aromatic nitrogens is 3. The molecule has 2 aromatic heterocycles. The van der Waals surface area contributed by atoms with Crippen LogP contribution in [-0.2, 0) is 17.8 Å². The highest BCUT2D eigenvalue weighted by Gasteiger charge is 2.05. The molecule has 2 aromatic carbocycles. The maximum absolute atomic E-state index is 12.1. The average molecular weight is 346 g/mol. The highest BCUT2D eigenvalue weighted by atomic mass is 16.1. The summed E-state index contributed by atoms with van der Waals surface area (Å²) in [5.41, 5.74) is 3.22. The van der Waals surface area contributed by atoms with Crippen molar-refractivity contribution in [2.45, 2.75) is 25.8 Å². The van der Waals surface area contributed by atoms with Crippen molar-refractivity contribution in [2.75, 3.05) is 6.54 Å². The van der Waals surface area contributed by atoms with Crippen LogP contribution in [0.15, 0.2) is 60.8 Å². The minimum absolute atomic E-state index is 0.0902. The van der Waals surface area contributed by atoms with Gasteiger partial charge in [0.2, 0.25) is 5.91 Å². The Hall–Kier alpha value is -3.08. The maximum Gasteiger partial charge on any atom is 0.221 e. The number of nitrogens with one attached hydrogen (secondary N) is 2. The Morgan fingerprint density at radius 1 is 1.08 bits per heavy atom. The Morgan fingerprint density at radius 3 is 2.85 bits per heavy atom. The first-order chi connectivity index (χ1) is 12.8. The maximum atomic E-state index is 12.1. The van der Waals surface area contributed by atoms with E-state index in [-0.39, 0.29) is 5.91 Å². The molecule has 0 aliphatic heterocycles. The topological polar surface area (TPSA) is 62.7 Å². The molecule has 0 fully saturated rings. The third-order valence-corrected chi connectivity index (χ3v) is 4.61. The van der Waals surface area contributed by atoms with E-state index in [0.29, 0.717) is 19.5 Å². The zero-order valence-electron chi connectivity index (χ0n) is 14.6. The van der Waals surface area contributed by atoms with Gasteiger partial charge in [0.15, 0.2) is 0 Å². The van der Waals surface area contributed by atoms with Gasteiger partial charge in [0.25, 0.3) is 0 Å². The number of aryl methyl sites for hydroxylation is 2. The molecule has 4 rings (SSSR count). The number of aromatic amines is 1. The first kappa shape index (κ1) is 16.4. The van der Waals surface area contributed by atoms with Gasteiger partial charge in [0.1, 0.15) is 5.82 Å². The smallest absolute Gasteiger partial charge is 0.221 e. The molecule has 0 radical (unpaired) electrons. The Morgan fingerprint density at radius 2 is 1.92 bits per heavy atom. The number of imidazole rings is 1. The zero-order chi connectivity index (χ0) is 17.8. The summed E-state index contributed by atoms with van der Waals surface area (Å²) in [5, 5.41) is 4.21. The SMILES string of the molecule is O=C(CCn1ccc2ccccc21)NCCCc1nc2ccccc2[nH]1. The number of amides is 1. The summed E-state index contributed by atoms with van der Waals surface area (Å²) in [6.45, 7) is 1.37. The molecule has 1 amide bonds. The molecule has 0 atom stereocenters. The van der Waals surface area contributed by atoms with Crippen LogP contribution >= 0.6 is 0 Å². The van der Waals surface area contributed by atoms with Crippen LogP contribution in [0.4, 0.5) is 0 Å². The van der Waals surface area contributed by atoms with Crippen LogP contribution in [-0.4, -0.2) is 27.0 Å². The number of nitrogens with zero attached hydrogens (tertiary/aromatic N) is 2. The molecule has 2 N–H and O–H groups in total. The molecule has 0 saturated heterocycles. The van der Waals surface area contributed by atoms with Crippen LogP contribution in [0.3, 0.4) is 0 Å². The lowest BCUT2D eigenvalue weighted by Gasteiger charge is -2.07. The van der Waals surface area contributed by atoms with E-state index in [9.17, 15) is 4.79 Å². The number of H-pyrrole nitrogens is 1. The van der Waals surface area contributed by atoms with Crippen LogP contribution in [0.5, 0.6) is 0 Å². The number of benzene rings is 2. The van der Waals surface area contributed by atoms with Crippen molar-refractivity contribution in [3.05, 3.63) is 66.6 Å². The minimum Gasteiger partial charge on any atom is -0.356 e. The van der Waals surface area contributed by atoms with Gasteiger partial charge in [-0.2, -0.15) is 0 Å². The molecule has 0 aliphatic carbocycles. The van der Waals surface area contributed by atoms with Crippen molar-refractivity contribution in [3.63, 3.8) is 0 Å². The third kappa shape index (κ3) is 3.61. The number of para-hydroxylation sites is 3. The van der Waals surface area contributed by atoms with Crippen LogP contribution in [0, 0.1) is 0 Å². The van der Waals surface area contributed by atoms with Crippen molar-refractivity contribution in [2.24, 2.45) is 0 Å². The molecule has 2 heterocycles. The summed E-state index contributed by atoms with van der Waals surface area (Å²) in [5.74, 6) is 1.06. The minimum atomic E-state index is 0.0902. The molecule has 0 unspecified atom stereocenters. The van der Waals surface area contributed by atoms with Gasteiger partial charge in [-0.15, -0.1) is 0 Å². The van der Waals surface area contributed by atoms with Gasteiger partial charge in [-0.25, -0.2) is 4.98 Å². The van der Waals surface area contributed by atoms with E-state index in [1.807, 2.05) is 42.6 Å².